The van der Waals surface area contributed by atoms with E-state index in [4.69, 9.17) is 0 Å². The van der Waals surface area contributed by atoms with Crippen LogP contribution in [0.3, 0.4) is 0 Å². The summed E-state index contributed by atoms with van der Waals surface area (Å²) in [4.78, 5) is 6.80. The van der Waals surface area contributed by atoms with E-state index in [1.54, 1.807) is 6.07 Å². The van der Waals surface area contributed by atoms with Crippen LogP contribution in [0, 0.1) is 11.2 Å². The highest BCUT2D eigenvalue weighted by atomic mass is 127. The maximum atomic E-state index is 13.6. The minimum Gasteiger partial charge on any atom is -0.356 e. The van der Waals surface area contributed by atoms with Crippen LogP contribution in [0.15, 0.2) is 29.3 Å². The smallest absolute Gasteiger partial charge is 0.193 e. The van der Waals surface area contributed by atoms with Gasteiger partial charge in [-0.15, -0.1) is 24.0 Å². The normalized spacial score (nSPS) is 19.9. The summed E-state index contributed by atoms with van der Waals surface area (Å²) in [6.07, 6.45) is 7.48. The highest BCUT2D eigenvalue weighted by Gasteiger charge is 2.40. The molecule has 0 unspecified atom stereocenters. The molecule has 2 fully saturated rings. The Bertz CT molecular complexity index is 541. The van der Waals surface area contributed by atoms with Crippen molar-refractivity contribution >= 4 is 29.9 Å². The average molecular weight is 431 g/mol. The van der Waals surface area contributed by atoms with Gasteiger partial charge in [0.2, 0.25) is 0 Å². The molecule has 0 bridgehead atoms. The summed E-state index contributed by atoms with van der Waals surface area (Å²) < 4.78 is 13.6. The molecular weight excluding hydrogens is 404 g/mol. The van der Waals surface area contributed by atoms with Gasteiger partial charge in [0.15, 0.2) is 5.96 Å². The van der Waals surface area contributed by atoms with Crippen LogP contribution in [0.1, 0.15) is 37.7 Å². The van der Waals surface area contributed by atoms with E-state index in [1.807, 2.05) is 19.2 Å². The second kappa shape index (κ2) is 8.31. The number of hydrogen-bond acceptors (Lipinski definition) is 1. The lowest BCUT2D eigenvalue weighted by atomic mass is 9.86. The predicted octanol–water partition coefficient (Wildman–Crippen LogP) is 3.83. The van der Waals surface area contributed by atoms with Gasteiger partial charge in [0.25, 0.3) is 0 Å². The summed E-state index contributed by atoms with van der Waals surface area (Å²) in [6, 6.07) is 6.99. The standard InChI is InChI=1S/C18H26FN3.HI/c1-20-17(21-12-8-15-6-2-3-7-16(15)19)22-13-11-18(14-22)9-4-5-10-18;/h2-3,6-7H,4-5,8-14H2,1H3,(H,20,21);1H. The largest absolute Gasteiger partial charge is 0.356 e. The minimum atomic E-state index is -0.120. The van der Waals surface area contributed by atoms with Crippen molar-refractivity contribution in [1.82, 2.24) is 10.2 Å². The van der Waals surface area contributed by atoms with Crippen molar-refractivity contribution < 1.29 is 4.39 Å². The van der Waals surface area contributed by atoms with E-state index >= 15 is 0 Å². The number of guanidine groups is 1. The molecule has 1 heterocycles. The molecule has 1 saturated heterocycles. The molecule has 5 heteroatoms. The van der Waals surface area contributed by atoms with Crippen LogP contribution in [-0.4, -0.2) is 37.5 Å². The van der Waals surface area contributed by atoms with E-state index < -0.39 is 0 Å². The molecule has 0 amide bonds. The number of benzene rings is 1. The molecule has 1 aliphatic carbocycles. The zero-order chi connectivity index (χ0) is 15.4. The fourth-order valence-electron chi connectivity index (χ4n) is 3.99. The highest BCUT2D eigenvalue weighted by molar-refractivity contribution is 14.0. The van der Waals surface area contributed by atoms with Gasteiger partial charge < -0.3 is 10.2 Å². The number of aliphatic imine (C=N–C) groups is 1. The summed E-state index contributed by atoms with van der Waals surface area (Å²) in [7, 11) is 1.84. The molecule has 128 valence electrons. The van der Waals surface area contributed by atoms with Gasteiger partial charge in [-0.05, 0) is 42.7 Å². The third-order valence-corrected chi connectivity index (χ3v) is 5.25. The zero-order valence-electron chi connectivity index (χ0n) is 13.9. The lowest BCUT2D eigenvalue weighted by molar-refractivity contribution is 0.309. The first kappa shape index (κ1) is 18.5. The molecule has 1 saturated carbocycles. The Morgan fingerprint density at radius 1 is 1.26 bits per heavy atom. The summed E-state index contributed by atoms with van der Waals surface area (Å²) in [5, 5.41) is 3.40. The Hall–Kier alpha value is -0.850. The summed E-state index contributed by atoms with van der Waals surface area (Å²) in [6.45, 7) is 2.95. The molecule has 1 N–H and O–H groups in total. The quantitative estimate of drug-likeness (QED) is 0.448. The van der Waals surface area contributed by atoms with Gasteiger partial charge >= 0.3 is 0 Å². The first-order valence-corrected chi connectivity index (χ1v) is 8.41. The van der Waals surface area contributed by atoms with Crippen LogP contribution in [0.4, 0.5) is 4.39 Å². The molecule has 2 aliphatic rings. The van der Waals surface area contributed by atoms with Crippen molar-refractivity contribution in [3.63, 3.8) is 0 Å². The van der Waals surface area contributed by atoms with Gasteiger partial charge in [-0.3, -0.25) is 4.99 Å². The first-order valence-electron chi connectivity index (χ1n) is 8.41. The molecule has 0 aromatic heterocycles. The molecule has 1 spiro atoms. The summed E-state index contributed by atoms with van der Waals surface area (Å²) in [5.41, 5.74) is 1.31. The van der Waals surface area contributed by atoms with Crippen molar-refractivity contribution in [3.05, 3.63) is 35.6 Å². The third kappa shape index (κ3) is 4.37. The SMILES string of the molecule is CN=C(NCCc1ccccc1F)N1CCC2(CCCC2)C1.I. The van der Waals surface area contributed by atoms with Crippen molar-refractivity contribution in [2.75, 3.05) is 26.7 Å². The van der Waals surface area contributed by atoms with Gasteiger partial charge in [0.05, 0.1) is 0 Å². The summed E-state index contributed by atoms with van der Waals surface area (Å²) >= 11 is 0. The van der Waals surface area contributed by atoms with Crippen molar-refractivity contribution in [1.29, 1.82) is 0 Å². The number of hydrogen-bond donors (Lipinski definition) is 1. The molecular formula is C18H27FIN3. The van der Waals surface area contributed by atoms with Gasteiger partial charge in [-0.25, -0.2) is 4.39 Å². The number of halogens is 2. The topological polar surface area (TPSA) is 27.6 Å². The van der Waals surface area contributed by atoms with E-state index in [2.05, 4.69) is 15.2 Å². The number of likely N-dealkylation sites (tertiary alicyclic amines) is 1. The fourth-order valence-corrected chi connectivity index (χ4v) is 3.99. The minimum absolute atomic E-state index is 0. The van der Waals surface area contributed by atoms with Crippen molar-refractivity contribution in [2.45, 2.75) is 38.5 Å². The molecule has 0 radical (unpaired) electrons. The molecule has 3 nitrogen and oxygen atoms in total. The number of nitrogens with one attached hydrogen (secondary N) is 1. The lowest BCUT2D eigenvalue weighted by Gasteiger charge is -2.26. The van der Waals surface area contributed by atoms with E-state index in [-0.39, 0.29) is 29.8 Å². The van der Waals surface area contributed by atoms with Crippen LogP contribution in [0.2, 0.25) is 0 Å². The van der Waals surface area contributed by atoms with E-state index in [0.29, 0.717) is 11.8 Å². The zero-order valence-corrected chi connectivity index (χ0v) is 16.2. The van der Waals surface area contributed by atoms with Crippen LogP contribution in [0.5, 0.6) is 0 Å². The van der Waals surface area contributed by atoms with Crippen LogP contribution >= 0.6 is 24.0 Å². The third-order valence-electron chi connectivity index (χ3n) is 5.25. The first-order chi connectivity index (χ1) is 10.7. The number of rotatable bonds is 3. The maximum Gasteiger partial charge on any atom is 0.193 e. The molecule has 23 heavy (non-hydrogen) atoms. The molecule has 1 aliphatic heterocycles. The fraction of sp³-hybridized carbons (Fsp3) is 0.611. The van der Waals surface area contributed by atoms with Gasteiger partial charge in [-0.1, -0.05) is 31.0 Å². The Kier molecular flexibility index (Phi) is 6.68. The molecule has 1 aromatic carbocycles. The van der Waals surface area contributed by atoms with E-state index in [9.17, 15) is 4.39 Å². The van der Waals surface area contributed by atoms with Gasteiger partial charge in [0.1, 0.15) is 5.82 Å². The Morgan fingerprint density at radius 3 is 2.70 bits per heavy atom. The Balaban J connectivity index is 0.00000192. The van der Waals surface area contributed by atoms with Crippen LogP contribution < -0.4 is 5.32 Å². The van der Waals surface area contributed by atoms with Crippen molar-refractivity contribution in [3.8, 4) is 0 Å². The highest BCUT2D eigenvalue weighted by Crippen LogP contribution is 2.45. The van der Waals surface area contributed by atoms with Gasteiger partial charge in [0, 0.05) is 26.7 Å². The van der Waals surface area contributed by atoms with E-state index in [0.717, 1.165) is 31.2 Å². The monoisotopic (exact) mass is 431 g/mol. The molecule has 0 atom stereocenters. The second-order valence-corrected chi connectivity index (χ2v) is 6.69. The second-order valence-electron chi connectivity index (χ2n) is 6.69. The van der Waals surface area contributed by atoms with Crippen molar-refractivity contribution in [2.24, 2.45) is 10.4 Å². The predicted molar refractivity (Wildman–Crippen MR) is 104 cm³/mol. The van der Waals surface area contributed by atoms with E-state index in [1.165, 1.54) is 38.2 Å². The maximum absolute atomic E-state index is 13.6. The van der Waals surface area contributed by atoms with Crippen LogP contribution in [-0.2, 0) is 6.42 Å². The van der Waals surface area contributed by atoms with Crippen LogP contribution in [0.25, 0.3) is 0 Å². The Morgan fingerprint density at radius 2 is 2.00 bits per heavy atom. The van der Waals surface area contributed by atoms with Gasteiger partial charge in [-0.2, -0.15) is 0 Å². The lowest BCUT2D eigenvalue weighted by Crippen LogP contribution is -2.41. The molecule has 1 aromatic rings. The Labute approximate surface area is 155 Å². The molecule has 3 rings (SSSR count). The average Bonchev–Trinajstić information content (AvgIpc) is 3.16. The number of nitrogens with zero attached hydrogens (tertiary/aromatic N) is 2. The summed E-state index contributed by atoms with van der Waals surface area (Å²) in [5.74, 6) is 0.852.